The van der Waals surface area contributed by atoms with Gasteiger partial charge in [-0.3, -0.25) is 9.69 Å². The minimum atomic E-state index is 0.152. The van der Waals surface area contributed by atoms with E-state index in [0.717, 1.165) is 42.5 Å². The van der Waals surface area contributed by atoms with Crippen molar-refractivity contribution in [2.75, 3.05) is 31.9 Å². The Labute approximate surface area is 210 Å². The Balaban J connectivity index is 1.17. The summed E-state index contributed by atoms with van der Waals surface area (Å²) in [5.74, 6) is 0.528. The molecule has 1 amide bonds. The van der Waals surface area contributed by atoms with Gasteiger partial charge in [0.1, 0.15) is 5.03 Å². The van der Waals surface area contributed by atoms with E-state index in [1.165, 1.54) is 22.9 Å². The van der Waals surface area contributed by atoms with Crippen molar-refractivity contribution in [2.24, 2.45) is 0 Å². The van der Waals surface area contributed by atoms with Gasteiger partial charge in [0, 0.05) is 31.7 Å². The average Bonchev–Trinajstić information content (AvgIpc) is 2.94. The highest BCUT2D eigenvalue weighted by molar-refractivity contribution is 7.99. The van der Waals surface area contributed by atoms with Gasteiger partial charge in [-0.05, 0) is 23.3 Å². The molecule has 0 radical (unpaired) electrons. The molecule has 0 atom stereocenters. The van der Waals surface area contributed by atoms with Gasteiger partial charge >= 0.3 is 0 Å². The molecule has 176 valence electrons. The first-order valence-corrected chi connectivity index (χ1v) is 12.9. The third-order valence-electron chi connectivity index (χ3n) is 6.32. The van der Waals surface area contributed by atoms with Crippen LogP contribution >= 0.6 is 11.8 Å². The van der Waals surface area contributed by atoms with Crippen molar-refractivity contribution in [1.29, 1.82) is 0 Å². The molecule has 2 heterocycles. The van der Waals surface area contributed by atoms with Crippen LogP contribution in [0.5, 0.6) is 0 Å². The molecule has 5 rings (SSSR count). The topological polar surface area (TPSA) is 49.3 Å². The Morgan fingerprint density at radius 1 is 0.714 bits per heavy atom. The van der Waals surface area contributed by atoms with Crippen molar-refractivity contribution in [2.45, 2.75) is 11.1 Å². The lowest BCUT2D eigenvalue weighted by Crippen LogP contribution is -2.50. The van der Waals surface area contributed by atoms with Crippen LogP contribution in [0.15, 0.2) is 108 Å². The predicted molar refractivity (Wildman–Crippen MR) is 141 cm³/mol. The molecule has 0 N–H and O–H groups in total. The number of amides is 1. The van der Waals surface area contributed by atoms with E-state index in [1.807, 2.05) is 47.4 Å². The molecule has 0 unspecified atom stereocenters. The van der Waals surface area contributed by atoms with Crippen LogP contribution in [0.4, 0.5) is 0 Å². The number of aromatic nitrogens is 2. The molecule has 0 aliphatic carbocycles. The maximum atomic E-state index is 12.9. The summed E-state index contributed by atoms with van der Waals surface area (Å²) < 4.78 is 0. The third-order valence-corrected chi connectivity index (χ3v) is 7.22. The second-order valence-corrected chi connectivity index (χ2v) is 9.55. The van der Waals surface area contributed by atoms with Gasteiger partial charge in [0.05, 0.1) is 17.5 Å². The van der Waals surface area contributed by atoms with Crippen molar-refractivity contribution >= 4 is 17.7 Å². The molecule has 5 nitrogen and oxygen atoms in total. The number of carbonyl (C=O) groups is 1. The summed E-state index contributed by atoms with van der Waals surface area (Å²) in [6.07, 6.45) is 0. The van der Waals surface area contributed by atoms with E-state index in [0.29, 0.717) is 5.75 Å². The lowest BCUT2D eigenvalue weighted by Gasteiger charge is -2.39. The molecular weight excluding hydrogens is 452 g/mol. The van der Waals surface area contributed by atoms with E-state index in [2.05, 4.69) is 75.8 Å². The Morgan fingerprint density at radius 2 is 1.29 bits per heavy atom. The van der Waals surface area contributed by atoms with E-state index in [4.69, 9.17) is 0 Å². The number of benzene rings is 3. The number of piperazine rings is 1. The van der Waals surface area contributed by atoms with Gasteiger partial charge in [0.25, 0.3) is 0 Å². The first-order chi connectivity index (χ1) is 17.3. The molecule has 0 saturated carbocycles. The molecule has 0 bridgehead atoms. The fourth-order valence-electron chi connectivity index (χ4n) is 4.50. The molecule has 4 aromatic rings. The summed E-state index contributed by atoms with van der Waals surface area (Å²) in [5.41, 5.74) is 4.44. The van der Waals surface area contributed by atoms with Crippen LogP contribution in [0.2, 0.25) is 0 Å². The molecule has 1 aliphatic heterocycles. The van der Waals surface area contributed by atoms with Gasteiger partial charge in [0.15, 0.2) is 0 Å². The summed E-state index contributed by atoms with van der Waals surface area (Å²) in [7, 11) is 0. The normalized spacial score (nSPS) is 14.3. The van der Waals surface area contributed by atoms with Crippen LogP contribution in [-0.4, -0.2) is 57.8 Å². The van der Waals surface area contributed by atoms with E-state index < -0.39 is 0 Å². The molecular formula is C29H28N4OS. The first-order valence-electron chi connectivity index (χ1n) is 11.9. The van der Waals surface area contributed by atoms with Crippen LogP contribution in [-0.2, 0) is 4.79 Å². The summed E-state index contributed by atoms with van der Waals surface area (Å²) in [6.45, 7) is 3.15. The summed E-state index contributed by atoms with van der Waals surface area (Å²) >= 11 is 1.45. The van der Waals surface area contributed by atoms with Crippen LogP contribution in [0.25, 0.3) is 11.3 Å². The zero-order valence-electron chi connectivity index (χ0n) is 19.5. The zero-order valence-corrected chi connectivity index (χ0v) is 20.3. The summed E-state index contributed by atoms with van der Waals surface area (Å²) in [5, 5.41) is 9.40. The van der Waals surface area contributed by atoms with Crippen molar-refractivity contribution in [3.05, 3.63) is 114 Å². The van der Waals surface area contributed by atoms with Gasteiger partial charge in [-0.1, -0.05) is 103 Å². The molecule has 6 heteroatoms. The van der Waals surface area contributed by atoms with E-state index in [1.54, 1.807) is 0 Å². The maximum Gasteiger partial charge on any atom is 0.233 e. The van der Waals surface area contributed by atoms with Crippen LogP contribution in [0.1, 0.15) is 17.2 Å². The molecule has 1 aliphatic rings. The van der Waals surface area contributed by atoms with Crippen LogP contribution < -0.4 is 0 Å². The minimum absolute atomic E-state index is 0.152. The second kappa shape index (κ2) is 11.3. The summed E-state index contributed by atoms with van der Waals surface area (Å²) in [4.78, 5) is 17.4. The second-order valence-electron chi connectivity index (χ2n) is 8.55. The highest BCUT2D eigenvalue weighted by Crippen LogP contribution is 2.29. The number of hydrogen-bond acceptors (Lipinski definition) is 5. The molecule has 1 fully saturated rings. The molecule has 1 aromatic heterocycles. The first kappa shape index (κ1) is 23.3. The van der Waals surface area contributed by atoms with Crippen molar-refractivity contribution in [1.82, 2.24) is 20.0 Å². The average molecular weight is 481 g/mol. The van der Waals surface area contributed by atoms with Gasteiger partial charge in [-0.25, -0.2) is 0 Å². The standard InChI is InChI=1S/C29H28N4OS/c34-28(22-35-27-17-16-26(30-31-27)23-10-4-1-5-11-23)32-18-20-33(21-19-32)29(24-12-6-2-7-13-24)25-14-8-3-9-15-25/h1-17,29H,18-22H2. The minimum Gasteiger partial charge on any atom is -0.339 e. The fourth-order valence-corrected chi connectivity index (χ4v) is 5.22. The van der Waals surface area contributed by atoms with Gasteiger partial charge in [0.2, 0.25) is 5.91 Å². The monoisotopic (exact) mass is 480 g/mol. The molecule has 0 spiro atoms. The van der Waals surface area contributed by atoms with Gasteiger partial charge in [-0.15, -0.1) is 10.2 Å². The number of nitrogens with zero attached hydrogens (tertiary/aromatic N) is 4. The van der Waals surface area contributed by atoms with E-state index in [9.17, 15) is 4.79 Å². The Hall–Kier alpha value is -3.48. The Morgan fingerprint density at radius 3 is 1.83 bits per heavy atom. The van der Waals surface area contributed by atoms with Crippen molar-refractivity contribution in [3.8, 4) is 11.3 Å². The van der Waals surface area contributed by atoms with Crippen molar-refractivity contribution in [3.63, 3.8) is 0 Å². The lowest BCUT2D eigenvalue weighted by molar-refractivity contribution is -0.130. The predicted octanol–water partition coefficient (Wildman–Crippen LogP) is 5.17. The van der Waals surface area contributed by atoms with Crippen LogP contribution in [0.3, 0.4) is 0 Å². The SMILES string of the molecule is O=C(CSc1ccc(-c2ccccc2)nn1)N1CCN(C(c2ccccc2)c2ccccc2)CC1. The number of hydrogen-bond donors (Lipinski definition) is 0. The quantitative estimate of drug-likeness (QED) is 0.342. The largest absolute Gasteiger partial charge is 0.339 e. The third kappa shape index (κ3) is 5.78. The van der Waals surface area contributed by atoms with E-state index >= 15 is 0 Å². The number of thioether (sulfide) groups is 1. The smallest absolute Gasteiger partial charge is 0.233 e. The van der Waals surface area contributed by atoms with E-state index in [-0.39, 0.29) is 11.9 Å². The lowest BCUT2D eigenvalue weighted by atomic mass is 9.96. The van der Waals surface area contributed by atoms with Crippen molar-refractivity contribution < 1.29 is 4.79 Å². The number of rotatable bonds is 7. The molecule has 3 aromatic carbocycles. The Kier molecular flexibility index (Phi) is 7.51. The van der Waals surface area contributed by atoms with Crippen LogP contribution in [0, 0.1) is 0 Å². The summed E-state index contributed by atoms with van der Waals surface area (Å²) in [6, 6.07) is 35.3. The van der Waals surface area contributed by atoms with Gasteiger partial charge < -0.3 is 4.90 Å². The maximum absolute atomic E-state index is 12.9. The molecule has 1 saturated heterocycles. The Bertz CT molecular complexity index is 1170. The number of carbonyl (C=O) groups excluding carboxylic acids is 1. The highest BCUT2D eigenvalue weighted by atomic mass is 32.2. The highest BCUT2D eigenvalue weighted by Gasteiger charge is 2.28. The van der Waals surface area contributed by atoms with Gasteiger partial charge in [-0.2, -0.15) is 0 Å². The molecule has 35 heavy (non-hydrogen) atoms. The zero-order chi connectivity index (χ0) is 23.9. The fraction of sp³-hybridized carbons (Fsp3) is 0.207.